The van der Waals surface area contributed by atoms with Crippen LogP contribution in [0, 0.1) is 0 Å². The second-order valence-corrected chi connectivity index (χ2v) is 7.13. The van der Waals surface area contributed by atoms with E-state index in [9.17, 15) is 0 Å². The molecule has 0 amide bonds. The Labute approximate surface area is 115 Å². The highest BCUT2D eigenvalue weighted by Gasteiger charge is 2.12. The van der Waals surface area contributed by atoms with Gasteiger partial charge in [0.15, 0.2) is 0 Å². The van der Waals surface area contributed by atoms with Gasteiger partial charge in [-0.3, -0.25) is 0 Å². The van der Waals surface area contributed by atoms with Crippen molar-refractivity contribution in [3.05, 3.63) is 40.9 Å². The Morgan fingerprint density at radius 3 is 2.75 bits per heavy atom. The molecule has 0 spiro atoms. The molecule has 0 nitrogen and oxygen atoms in total. The number of halogens is 2. The molecule has 1 aliphatic heterocycles. The lowest BCUT2D eigenvalue weighted by Crippen LogP contribution is -2.03. The highest BCUT2D eigenvalue weighted by Crippen LogP contribution is 2.34. The van der Waals surface area contributed by atoms with Crippen molar-refractivity contribution in [3.8, 4) is 0 Å². The first kappa shape index (κ1) is 12.7. The minimum absolute atomic E-state index is 0.486. The number of hydrogen-bond acceptors (Lipinski definition) is 2. The van der Waals surface area contributed by atoms with Crippen LogP contribution < -0.4 is 0 Å². The summed E-state index contributed by atoms with van der Waals surface area (Å²) >= 11 is 16.1. The molecule has 1 saturated heterocycles. The van der Waals surface area contributed by atoms with Crippen molar-refractivity contribution in [1.29, 1.82) is 0 Å². The summed E-state index contributed by atoms with van der Waals surface area (Å²) in [6, 6.07) is 7.68. The van der Waals surface area contributed by atoms with Crippen LogP contribution in [0.25, 0.3) is 5.03 Å². The fourth-order valence-corrected chi connectivity index (χ4v) is 4.73. The number of hydrogen-bond donors (Lipinski definition) is 0. The Balaban J connectivity index is 2.10. The molecular weight excluding hydrogens is 279 g/mol. The van der Waals surface area contributed by atoms with Gasteiger partial charge in [-0.1, -0.05) is 35.3 Å². The fraction of sp³-hybridized carbons (Fsp3) is 0.333. The lowest BCUT2D eigenvalue weighted by molar-refractivity contribution is 1.11. The maximum Gasteiger partial charge on any atom is 0.0699 e. The molecule has 0 saturated carbocycles. The Morgan fingerprint density at radius 2 is 2.06 bits per heavy atom. The van der Waals surface area contributed by atoms with Crippen LogP contribution in [0.4, 0.5) is 0 Å². The van der Waals surface area contributed by atoms with Crippen LogP contribution in [-0.2, 0) is 0 Å². The topological polar surface area (TPSA) is 0 Å². The van der Waals surface area contributed by atoms with E-state index in [-0.39, 0.29) is 0 Å². The van der Waals surface area contributed by atoms with Crippen LogP contribution in [0.5, 0.6) is 0 Å². The molecule has 1 aromatic carbocycles. The van der Waals surface area contributed by atoms with E-state index in [0.29, 0.717) is 4.58 Å². The van der Waals surface area contributed by atoms with E-state index < -0.39 is 0 Å². The van der Waals surface area contributed by atoms with Crippen molar-refractivity contribution in [2.45, 2.75) is 11.0 Å². The second-order valence-electron chi connectivity index (χ2n) is 3.49. The summed E-state index contributed by atoms with van der Waals surface area (Å²) in [6.07, 6.45) is 3.43. The summed E-state index contributed by atoms with van der Waals surface area (Å²) in [4.78, 5) is 0. The average Bonchev–Trinajstić information content (AvgIpc) is 2.30. The number of benzene rings is 1. The molecule has 1 heterocycles. The van der Waals surface area contributed by atoms with Gasteiger partial charge in [-0.15, -0.1) is 23.5 Å². The monoisotopic (exact) mass is 290 g/mol. The fourth-order valence-electron chi connectivity index (χ4n) is 1.45. The van der Waals surface area contributed by atoms with Gasteiger partial charge in [0.1, 0.15) is 0 Å². The minimum atomic E-state index is 0.486. The molecule has 2 rings (SSSR count). The summed E-state index contributed by atoms with van der Waals surface area (Å²) in [5.41, 5.74) is 1.00. The maximum atomic E-state index is 6.29. The minimum Gasteiger partial charge on any atom is -0.143 e. The summed E-state index contributed by atoms with van der Waals surface area (Å²) in [5, 5.41) is 1.53. The Kier molecular flexibility index (Phi) is 4.96. The SMILES string of the molecule is ClC(=CC1SCCCS1)c1cccc(Cl)c1. The molecule has 0 N–H and O–H groups in total. The van der Waals surface area contributed by atoms with Crippen LogP contribution in [0.1, 0.15) is 12.0 Å². The Hall–Kier alpha value is 0.240. The molecule has 1 aliphatic rings. The number of thioether (sulfide) groups is 2. The molecular formula is C12H12Cl2S2. The van der Waals surface area contributed by atoms with Crippen LogP contribution in [-0.4, -0.2) is 16.1 Å². The van der Waals surface area contributed by atoms with E-state index in [1.54, 1.807) is 0 Å². The largest absolute Gasteiger partial charge is 0.143 e. The summed E-state index contributed by atoms with van der Waals surface area (Å²) in [6.45, 7) is 0. The molecule has 86 valence electrons. The third kappa shape index (κ3) is 3.63. The zero-order chi connectivity index (χ0) is 11.4. The van der Waals surface area contributed by atoms with E-state index in [1.807, 2.05) is 47.8 Å². The summed E-state index contributed by atoms with van der Waals surface area (Å²) < 4.78 is 0.486. The second kappa shape index (κ2) is 6.25. The molecule has 0 bridgehead atoms. The van der Waals surface area contributed by atoms with Gasteiger partial charge < -0.3 is 0 Å². The van der Waals surface area contributed by atoms with E-state index in [0.717, 1.165) is 15.6 Å². The van der Waals surface area contributed by atoms with Crippen molar-refractivity contribution in [2.75, 3.05) is 11.5 Å². The van der Waals surface area contributed by atoms with Gasteiger partial charge in [0, 0.05) is 10.1 Å². The van der Waals surface area contributed by atoms with Gasteiger partial charge in [0.05, 0.1) is 4.58 Å². The van der Waals surface area contributed by atoms with Gasteiger partial charge in [0.2, 0.25) is 0 Å². The highest BCUT2D eigenvalue weighted by atomic mass is 35.5. The Bertz CT molecular complexity index is 384. The van der Waals surface area contributed by atoms with Crippen molar-refractivity contribution in [2.24, 2.45) is 0 Å². The first-order valence-electron chi connectivity index (χ1n) is 5.12. The molecule has 0 aliphatic carbocycles. The molecule has 0 aromatic heterocycles. The third-order valence-corrected chi connectivity index (χ3v) is 5.61. The van der Waals surface area contributed by atoms with E-state index in [4.69, 9.17) is 23.2 Å². The normalized spacial score (nSPS) is 18.8. The van der Waals surface area contributed by atoms with Crippen LogP contribution >= 0.6 is 46.7 Å². The summed E-state index contributed by atoms with van der Waals surface area (Å²) in [5.74, 6) is 2.46. The standard InChI is InChI=1S/C12H12Cl2S2/c13-10-4-1-3-9(7-10)11(14)8-12-15-5-2-6-16-12/h1,3-4,7-8,12H,2,5-6H2. The van der Waals surface area contributed by atoms with Crippen molar-refractivity contribution in [3.63, 3.8) is 0 Å². The van der Waals surface area contributed by atoms with Crippen molar-refractivity contribution >= 4 is 51.8 Å². The van der Waals surface area contributed by atoms with Crippen molar-refractivity contribution < 1.29 is 0 Å². The predicted molar refractivity (Wildman–Crippen MR) is 78.6 cm³/mol. The molecule has 1 fully saturated rings. The van der Waals surface area contributed by atoms with E-state index in [1.165, 1.54) is 17.9 Å². The van der Waals surface area contributed by atoms with Gasteiger partial charge >= 0.3 is 0 Å². The van der Waals surface area contributed by atoms with Gasteiger partial charge in [-0.25, -0.2) is 0 Å². The quantitative estimate of drug-likeness (QED) is 0.742. The van der Waals surface area contributed by atoms with Gasteiger partial charge in [-0.05, 0) is 41.7 Å². The maximum absolute atomic E-state index is 6.29. The molecule has 1 aromatic rings. The average molecular weight is 291 g/mol. The van der Waals surface area contributed by atoms with Crippen LogP contribution in [0.2, 0.25) is 5.02 Å². The molecule has 4 heteroatoms. The lowest BCUT2D eigenvalue weighted by Gasteiger charge is -2.17. The van der Waals surface area contributed by atoms with Crippen molar-refractivity contribution in [1.82, 2.24) is 0 Å². The van der Waals surface area contributed by atoms with Gasteiger partial charge in [0.25, 0.3) is 0 Å². The molecule has 0 radical (unpaired) electrons. The van der Waals surface area contributed by atoms with E-state index >= 15 is 0 Å². The van der Waals surface area contributed by atoms with Crippen LogP contribution in [0.3, 0.4) is 0 Å². The van der Waals surface area contributed by atoms with Crippen LogP contribution in [0.15, 0.2) is 30.3 Å². The predicted octanol–water partition coefficient (Wildman–Crippen LogP) is 5.12. The first-order valence-corrected chi connectivity index (χ1v) is 7.97. The number of rotatable bonds is 2. The molecule has 16 heavy (non-hydrogen) atoms. The summed E-state index contributed by atoms with van der Waals surface area (Å²) in [7, 11) is 0. The zero-order valence-corrected chi connectivity index (χ0v) is 11.8. The molecule has 0 unspecified atom stereocenters. The van der Waals surface area contributed by atoms with Gasteiger partial charge in [-0.2, -0.15) is 0 Å². The zero-order valence-electron chi connectivity index (χ0n) is 8.66. The third-order valence-electron chi connectivity index (χ3n) is 2.24. The lowest BCUT2D eigenvalue weighted by atomic mass is 10.2. The highest BCUT2D eigenvalue weighted by molar-refractivity contribution is 8.17. The molecule has 0 atom stereocenters. The smallest absolute Gasteiger partial charge is 0.0699 e. The first-order chi connectivity index (χ1) is 7.75. The van der Waals surface area contributed by atoms with E-state index in [2.05, 4.69) is 6.08 Å². The Morgan fingerprint density at radius 1 is 1.31 bits per heavy atom.